The first-order valence-electron chi connectivity index (χ1n) is 9.40. The van der Waals surface area contributed by atoms with Crippen LogP contribution in [0.2, 0.25) is 0 Å². The van der Waals surface area contributed by atoms with Crippen molar-refractivity contribution in [2.75, 3.05) is 6.61 Å². The molecule has 8 nitrogen and oxygen atoms in total. The van der Waals surface area contributed by atoms with Crippen molar-refractivity contribution in [2.45, 2.75) is 89.9 Å². The van der Waals surface area contributed by atoms with Crippen LogP contribution in [0.3, 0.4) is 0 Å². The van der Waals surface area contributed by atoms with E-state index in [0.717, 1.165) is 0 Å². The molecule has 1 aromatic heterocycles. The van der Waals surface area contributed by atoms with Gasteiger partial charge in [0.25, 0.3) is 0 Å². The molecule has 9 heteroatoms. The number of aliphatic hydroxyl groups is 1. The van der Waals surface area contributed by atoms with Gasteiger partial charge in [-0.15, -0.1) is 11.3 Å². The van der Waals surface area contributed by atoms with Crippen molar-refractivity contribution in [1.29, 1.82) is 0 Å². The van der Waals surface area contributed by atoms with E-state index in [2.05, 4.69) is 4.98 Å². The Labute approximate surface area is 169 Å². The van der Waals surface area contributed by atoms with Crippen LogP contribution in [0.4, 0.5) is 4.79 Å². The minimum atomic E-state index is -0.976. The highest BCUT2D eigenvalue weighted by atomic mass is 32.1. The summed E-state index contributed by atoms with van der Waals surface area (Å²) < 4.78 is 23.7. The predicted molar refractivity (Wildman–Crippen MR) is 103 cm³/mol. The highest BCUT2D eigenvalue weighted by Crippen LogP contribution is 2.42. The number of ether oxygens (including phenoxy) is 4. The van der Waals surface area contributed by atoms with Gasteiger partial charge in [-0.1, -0.05) is 0 Å². The van der Waals surface area contributed by atoms with E-state index >= 15 is 0 Å². The Morgan fingerprint density at radius 2 is 2.04 bits per heavy atom. The quantitative estimate of drug-likeness (QED) is 0.813. The summed E-state index contributed by atoms with van der Waals surface area (Å²) in [7, 11) is 0. The highest BCUT2D eigenvalue weighted by Gasteiger charge is 2.57. The summed E-state index contributed by atoms with van der Waals surface area (Å²) in [6, 6.07) is -0.480. The molecule has 0 bridgehead atoms. The van der Waals surface area contributed by atoms with Crippen LogP contribution in [0.15, 0.2) is 11.6 Å². The summed E-state index contributed by atoms with van der Waals surface area (Å²) in [5, 5.41) is 13.2. The van der Waals surface area contributed by atoms with Crippen molar-refractivity contribution in [2.24, 2.45) is 0 Å². The van der Waals surface area contributed by atoms with E-state index < -0.39 is 47.6 Å². The number of hydrogen-bond acceptors (Lipinski definition) is 8. The number of aromatic nitrogens is 1. The molecule has 0 aliphatic carbocycles. The van der Waals surface area contributed by atoms with Gasteiger partial charge in [-0.3, -0.25) is 4.90 Å². The van der Waals surface area contributed by atoms with Crippen LogP contribution in [-0.4, -0.2) is 63.1 Å². The molecule has 4 atom stereocenters. The van der Waals surface area contributed by atoms with Gasteiger partial charge in [-0.05, 0) is 48.5 Å². The maximum Gasteiger partial charge on any atom is 0.412 e. The third kappa shape index (κ3) is 4.33. The van der Waals surface area contributed by atoms with Gasteiger partial charge >= 0.3 is 6.09 Å². The van der Waals surface area contributed by atoms with Gasteiger partial charge in [0.2, 0.25) is 0 Å². The molecule has 2 aliphatic heterocycles. The van der Waals surface area contributed by atoms with Crippen LogP contribution in [0, 0.1) is 0 Å². The standard InChI is InChI=1S/C19H30N2O6S/c1-17(2,3)27-16(23)21-11(10-24-18(21,4)5)13-14(26-19(6,7)25-13)12(22)15-20-8-9-28-15/h8-9,11-14,22H,10H2,1-7H3/t11-,12+,13-,14-/m0/s1. The maximum atomic E-state index is 13.0. The molecule has 0 unspecified atom stereocenters. The number of carbonyl (C=O) groups is 1. The largest absolute Gasteiger partial charge is 0.444 e. The van der Waals surface area contributed by atoms with Crippen LogP contribution in [0.1, 0.15) is 59.6 Å². The number of hydrogen-bond donors (Lipinski definition) is 1. The molecule has 3 rings (SSSR count). The normalized spacial score (nSPS) is 30.4. The van der Waals surface area contributed by atoms with Gasteiger partial charge in [-0.2, -0.15) is 0 Å². The number of thiazole rings is 1. The first-order chi connectivity index (χ1) is 12.8. The van der Waals surface area contributed by atoms with Crippen molar-refractivity contribution in [3.63, 3.8) is 0 Å². The van der Waals surface area contributed by atoms with Crippen LogP contribution in [0.25, 0.3) is 0 Å². The molecular weight excluding hydrogens is 384 g/mol. The lowest BCUT2D eigenvalue weighted by Gasteiger charge is -2.37. The molecule has 2 saturated heterocycles. The smallest absolute Gasteiger partial charge is 0.412 e. The molecule has 2 fully saturated rings. The van der Waals surface area contributed by atoms with E-state index in [1.165, 1.54) is 11.3 Å². The lowest BCUT2D eigenvalue weighted by atomic mass is 10.0. The summed E-state index contributed by atoms with van der Waals surface area (Å²) in [4.78, 5) is 18.7. The Morgan fingerprint density at radius 3 is 2.61 bits per heavy atom. The molecule has 0 saturated carbocycles. The monoisotopic (exact) mass is 414 g/mol. The molecular formula is C19H30N2O6S. The Balaban J connectivity index is 1.90. The topological polar surface area (TPSA) is 90.4 Å². The van der Waals surface area contributed by atoms with Crippen molar-refractivity contribution in [3.05, 3.63) is 16.6 Å². The molecule has 28 heavy (non-hydrogen) atoms. The SMILES string of the molecule is CC(C)(C)OC(=O)N1[C@H]([C@@H]2OC(C)(C)O[C@H]2[C@@H](O)c2nccs2)COC1(C)C. The molecule has 3 heterocycles. The minimum absolute atomic E-state index is 0.247. The second-order valence-corrected chi connectivity index (χ2v) is 9.98. The van der Waals surface area contributed by atoms with Crippen LogP contribution >= 0.6 is 11.3 Å². The number of amides is 1. The Morgan fingerprint density at radius 1 is 1.36 bits per heavy atom. The number of rotatable bonds is 3. The zero-order valence-electron chi connectivity index (χ0n) is 17.5. The fourth-order valence-corrected chi connectivity index (χ4v) is 4.28. The molecule has 0 radical (unpaired) electrons. The average Bonchev–Trinajstić information content (AvgIpc) is 3.21. The first kappa shape index (κ1) is 21.4. The average molecular weight is 415 g/mol. The second-order valence-electron chi connectivity index (χ2n) is 9.06. The van der Waals surface area contributed by atoms with Gasteiger partial charge in [0.05, 0.1) is 12.6 Å². The van der Waals surface area contributed by atoms with Gasteiger partial charge < -0.3 is 24.1 Å². The fraction of sp³-hybridized carbons (Fsp3) is 0.789. The highest BCUT2D eigenvalue weighted by molar-refractivity contribution is 7.09. The molecule has 1 aromatic rings. The van der Waals surface area contributed by atoms with E-state index in [9.17, 15) is 9.90 Å². The van der Waals surface area contributed by atoms with Gasteiger partial charge in [0.1, 0.15) is 34.6 Å². The van der Waals surface area contributed by atoms with Crippen molar-refractivity contribution < 1.29 is 28.8 Å². The third-order valence-corrected chi connectivity index (χ3v) is 5.51. The summed E-state index contributed by atoms with van der Waals surface area (Å²) in [6.07, 6.45) is -1.14. The van der Waals surface area contributed by atoms with E-state index in [4.69, 9.17) is 18.9 Å². The van der Waals surface area contributed by atoms with Gasteiger partial charge in [-0.25, -0.2) is 9.78 Å². The summed E-state index contributed by atoms with van der Waals surface area (Å²) in [5.41, 5.74) is -1.52. The summed E-state index contributed by atoms with van der Waals surface area (Å²) >= 11 is 1.34. The number of nitrogens with zero attached hydrogens (tertiary/aromatic N) is 2. The molecule has 2 aliphatic rings. The Kier molecular flexibility index (Phi) is 5.52. The van der Waals surface area contributed by atoms with Crippen molar-refractivity contribution in [1.82, 2.24) is 9.88 Å². The Hall–Kier alpha value is -1.26. The van der Waals surface area contributed by atoms with E-state index in [1.54, 1.807) is 30.3 Å². The Bertz CT molecular complexity index is 700. The third-order valence-electron chi connectivity index (χ3n) is 4.67. The maximum absolute atomic E-state index is 13.0. The van der Waals surface area contributed by atoms with Crippen molar-refractivity contribution >= 4 is 17.4 Å². The predicted octanol–water partition coefficient (Wildman–Crippen LogP) is 3.07. The lowest BCUT2D eigenvalue weighted by molar-refractivity contribution is -0.158. The molecule has 1 amide bonds. The zero-order chi connectivity index (χ0) is 20.9. The summed E-state index contributed by atoms with van der Waals surface area (Å²) in [6.45, 7) is 12.9. The molecule has 1 N–H and O–H groups in total. The van der Waals surface area contributed by atoms with E-state index in [1.807, 2.05) is 34.6 Å². The minimum Gasteiger partial charge on any atom is -0.444 e. The van der Waals surface area contributed by atoms with E-state index in [0.29, 0.717) is 5.01 Å². The first-order valence-corrected chi connectivity index (χ1v) is 10.3. The van der Waals surface area contributed by atoms with Crippen LogP contribution < -0.4 is 0 Å². The van der Waals surface area contributed by atoms with Gasteiger partial charge in [0.15, 0.2) is 5.79 Å². The number of carbonyl (C=O) groups excluding carboxylic acids is 1. The molecule has 0 aromatic carbocycles. The van der Waals surface area contributed by atoms with Crippen LogP contribution in [-0.2, 0) is 18.9 Å². The van der Waals surface area contributed by atoms with Crippen molar-refractivity contribution in [3.8, 4) is 0 Å². The molecule has 158 valence electrons. The molecule has 0 spiro atoms. The van der Waals surface area contributed by atoms with E-state index in [-0.39, 0.29) is 6.61 Å². The zero-order valence-corrected chi connectivity index (χ0v) is 18.3. The summed E-state index contributed by atoms with van der Waals surface area (Å²) in [5.74, 6) is -0.917. The van der Waals surface area contributed by atoms with Crippen LogP contribution in [0.5, 0.6) is 0 Å². The second kappa shape index (κ2) is 7.21. The van der Waals surface area contributed by atoms with Gasteiger partial charge in [0, 0.05) is 11.6 Å². The number of aliphatic hydroxyl groups excluding tert-OH is 1. The lowest BCUT2D eigenvalue weighted by Crippen LogP contribution is -2.55. The fourth-order valence-electron chi connectivity index (χ4n) is 3.62.